The molecule has 0 unspecified atom stereocenters. The van der Waals surface area contributed by atoms with Crippen LogP contribution in [-0.4, -0.2) is 30.7 Å². The lowest BCUT2D eigenvalue weighted by atomic mass is 10.1. The van der Waals surface area contributed by atoms with Crippen molar-refractivity contribution in [3.05, 3.63) is 35.2 Å². The molecule has 4 rings (SSSR count). The number of nitrogens with zero attached hydrogens (tertiary/aromatic N) is 2. The third kappa shape index (κ3) is 3.24. The molecule has 136 valence electrons. The first-order chi connectivity index (χ1) is 12.4. The molecule has 7 nitrogen and oxygen atoms in total. The van der Waals surface area contributed by atoms with Crippen LogP contribution in [0.2, 0.25) is 0 Å². The van der Waals surface area contributed by atoms with Crippen LogP contribution in [0.5, 0.6) is 0 Å². The maximum absolute atomic E-state index is 12.6. The van der Waals surface area contributed by atoms with Crippen LogP contribution in [0.25, 0.3) is 10.2 Å². The molecule has 0 saturated carbocycles. The molecular weight excluding hydrogens is 374 g/mol. The zero-order valence-electron chi connectivity index (χ0n) is 14.1. The number of sulfone groups is 1. The summed E-state index contributed by atoms with van der Waals surface area (Å²) in [5.74, 6) is 0.453. The summed E-state index contributed by atoms with van der Waals surface area (Å²) in [4.78, 5) is 17.2. The number of amides is 1. The van der Waals surface area contributed by atoms with E-state index in [2.05, 4.69) is 15.5 Å². The van der Waals surface area contributed by atoms with Gasteiger partial charge in [0.15, 0.2) is 20.7 Å². The van der Waals surface area contributed by atoms with E-state index < -0.39 is 9.84 Å². The number of anilines is 1. The van der Waals surface area contributed by atoms with Gasteiger partial charge in [-0.1, -0.05) is 22.9 Å². The highest BCUT2D eigenvalue weighted by Gasteiger charge is 2.24. The van der Waals surface area contributed by atoms with Crippen LogP contribution < -0.4 is 5.32 Å². The fraction of sp³-hybridized carbons (Fsp3) is 0.353. The van der Waals surface area contributed by atoms with E-state index in [1.165, 1.54) is 17.4 Å². The SMILES string of the molecule is CS(=O)(=O)c1ccc2nc(NC(=O)c3noc4c3CCCCC4)sc2c1. The molecule has 2 aromatic heterocycles. The summed E-state index contributed by atoms with van der Waals surface area (Å²) in [7, 11) is -3.29. The summed E-state index contributed by atoms with van der Waals surface area (Å²) in [6, 6.07) is 4.72. The topological polar surface area (TPSA) is 102 Å². The Balaban J connectivity index is 1.61. The van der Waals surface area contributed by atoms with Gasteiger partial charge in [0.2, 0.25) is 0 Å². The Morgan fingerprint density at radius 3 is 2.85 bits per heavy atom. The Morgan fingerprint density at radius 1 is 1.23 bits per heavy atom. The van der Waals surface area contributed by atoms with Crippen LogP contribution in [-0.2, 0) is 22.7 Å². The van der Waals surface area contributed by atoms with Crippen LogP contribution in [0.15, 0.2) is 27.6 Å². The summed E-state index contributed by atoms with van der Waals surface area (Å²) >= 11 is 1.23. The monoisotopic (exact) mass is 391 g/mol. The van der Waals surface area contributed by atoms with E-state index in [9.17, 15) is 13.2 Å². The number of fused-ring (bicyclic) bond motifs is 2. The first-order valence-corrected chi connectivity index (χ1v) is 11.0. The summed E-state index contributed by atoms with van der Waals surface area (Å²) in [5.41, 5.74) is 1.84. The average Bonchev–Trinajstić information content (AvgIpc) is 3.09. The summed E-state index contributed by atoms with van der Waals surface area (Å²) in [6.07, 6.45) is 5.94. The molecule has 1 aliphatic rings. The summed E-state index contributed by atoms with van der Waals surface area (Å²) < 4.78 is 29.4. The molecule has 1 amide bonds. The lowest BCUT2D eigenvalue weighted by Gasteiger charge is -2.00. The van der Waals surface area contributed by atoms with Gasteiger partial charge < -0.3 is 4.52 Å². The minimum Gasteiger partial charge on any atom is -0.360 e. The first-order valence-electron chi connectivity index (χ1n) is 8.31. The zero-order valence-corrected chi connectivity index (χ0v) is 15.7. The summed E-state index contributed by atoms with van der Waals surface area (Å²) in [6.45, 7) is 0. The van der Waals surface area contributed by atoms with Gasteiger partial charge >= 0.3 is 0 Å². The number of thiazole rings is 1. The lowest BCUT2D eigenvalue weighted by molar-refractivity contribution is 0.101. The highest BCUT2D eigenvalue weighted by Crippen LogP contribution is 2.29. The molecule has 1 aliphatic carbocycles. The molecular formula is C17H17N3O4S2. The third-order valence-corrected chi connectivity index (χ3v) is 6.47. The average molecular weight is 391 g/mol. The number of rotatable bonds is 3. The Kier molecular flexibility index (Phi) is 4.28. The second-order valence-electron chi connectivity index (χ2n) is 6.37. The van der Waals surface area contributed by atoms with Crippen molar-refractivity contribution in [1.29, 1.82) is 0 Å². The Hall–Kier alpha value is -2.26. The van der Waals surface area contributed by atoms with Gasteiger partial charge in [-0.2, -0.15) is 0 Å². The third-order valence-electron chi connectivity index (χ3n) is 4.42. The predicted octanol–water partition coefficient (Wildman–Crippen LogP) is 3.21. The Bertz CT molecular complexity index is 1100. The molecule has 0 atom stereocenters. The second-order valence-corrected chi connectivity index (χ2v) is 9.41. The van der Waals surface area contributed by atoms with Gasteiger partial charge in [-0.3, -0.25) is 10.1 Å². The molecule has 3 aromatic rings. The molecule has 0 saturated heterocycles. The lowest BCUT2D eigenvalue weighted by Crippen LogP contribution is -2.14. The fourth-order valence-corrected chi connectivity index (χ4v) is 4.71. The molecule has 0 bridgehead atoms. The van der Waals surface area contributed by atoms with Crippen molar-refractivity contribution >= 4 is 42.4 Å². The molecule has 1 aromatic carbocycles. The maximum atomic E-state index is 12.6. The van der Waals surface area contributed by atoms with Gasteiger partial charge in [-0.05, 0) is 37.5 Å². The van der Waals surface area contributed by atoms with Gasteiger partial charge in [0.1, 0.15) is 5.76 Å². The minimum absolute atomic E-state index is 0.230. The smallest absolute Gasteiger partial charge is 0.279 e. The fourth-order valence-electron chi connectivity index (χ4n) is 3.09. The Morgan fingerprint density at radius 2 is 2.04 bits per heavy atom. The van der Waals surface area contributed by atoms with Crippen LogP contribution in [0, 0.1) is 0 Å². The van der Waals surface area contributed by atoms with Crippen molar-refractivity contribution in [3.63, 3.8) is 0 Å². The number of hydrogen-bond donors (Lipinski definition) is 1. The minimum atomic E-state index is -3.29. The van der Waals surface area contributed by atoms with Crippen LogP contribution in [0.4, 0.5) is 5.13 Å². The maximum Gasteiger partial charge on any atom is 0.279 e. The number of hydrogen-bond acceptors (Lipinski definition) is 7. The Labute approximate surface area is 154 Å². The second kappa shape index (κ2) is 6.48. The van der Waals surface area contributed by atoms with Crippen molar-refractivity contribution in [2.45, 2.75) is 37.0 Å². The molecule has 0 spiro atoms. The van der Waals surface area contributed by atoms with Crippen molar-refractivity contribution in [2.24, 2.45) is 0 Å². The molecule has 2 heterocycles. The van der Waals surface area contributed by atoms with Gasteiger partial charge in [-0.25, -0.2) is 13.4 Å². The van der Waals surface area contributed by atoms with Crippen molar-refractivity contribution in [2.75, 3.05) is 11.6 Å². The standard InChI is InChI=1S/C17H17N3O4S2/c1-26(22,23)10-7-8-12-14(9-10)25-17(18-12)19-16(21)15-11-5-3-2-4-6-13(11)24-20-15/h7-9H,2-6H2,1H3,(H,18,19,21). The zero-order chi connectivity index (χ0) is 18.3. The quantitative estimate of drug-likeness (QED) is 0.688. The number of aryl methyl sites for hydroxylation is 1. The van der Waals surface area contributed by atoms with Gasteiger partial charge in [0.05, 0.1) is 15.1 Å². The van der Waals surface area contributed by atoms with E-state index in [1.54, 1.807) is 12.1 Å². The van der Waals surface area contributed by atoms with E-state index >= 15 is 0 Å². The molecule has 0 aliphatic heterocycles. The van der Waals surface area contributed by atoms with Crippen LogP contribution in [0.3, 0.4) is 0 Å². The number of nitrogens with one attached hydrogen (secondary N) is 1. The number of aromatic nitrogens is 2. The molecule has 0 fully saturated rings. The normalized spacial score (nSPS) is 14.8. The molecule has 9 heteroatoms. The molecule has 26 heavy (non-hydrogen) atoms. The van der Waals surface area contributed by atoms with E-state index in [0.29, 0.717) is 21.0 Å². The van der Waals surface area contributed by atoms with Crippen LogP contribution in [0.1, 0.15) is 41.1 Å². The van der Waals surface area contributed by atoms with Gasteiger partial charge in [0, 0.05) is 18.2 Å². The molecule has 0 radical (unpaired) electrons. The highest BCUT2D eigenvalue weighted by molar-refractivity contribution is 7.90. The largest absolute Gasteiger partial charge is 0.360 e. The van der Waals surface area contributed by atoms with Gasteiger partial charge in [0.25, 0.3) is 5.91 Å². The van der Waals surface area contributed by atoms with Crippen LogP contribution >= 0.6 is 11.3 Å². The summed E-state index contributed by atoms with van der Waals surface area (Å²) in [5, 5.41) is 7.11. The first kappa shape index (κ1) is 17.2. The van der Waals surface area contributed by atoms with E-state index in [1.807, 2.05) is 0 Å². The van der Waals surface area contributed by atoms with E-state index in [4.69, 9.17) is 4.52 Å². The number of benzene rings is 1. The predicted molar refractivity (Wildman–Crippen MR) is 98.4 cm³/mol. The van der Waals surface area contributed by atoms with Crippen molar-refractivity contribution < 1.29 is 17.7 Å². The molecule has 1 N–H and O–H groups in total. The van der Waals surface area contributed by atoms with Gasteiger partial charge in [-0.15, -0.1) is 0 Å². The number of carbonyl (C=O) groups excluding carboxylic acids is 1. The highest BCUT2D eigenvalue weighted by atomic mass is 32.2. The van der Waals surface area contributed by atoms with E-state index in [-0.39, 0.29) is 10.8 Å². The number of carbonyl (C=O) groups is 1. The van der Waals surface area contributed by atoms with Crippen molar-refractivity contribution in [1.82, 2.24) is 10.1 Å². The van der Waals surface area contributed by atoms with Crippen molar-refractivity contribution in [3.8, 4) is 0 Å². The van der Waals surface area contributed by atoms with E-state index in [0.717, 1.165) is 49.7 Å².